The van der Waals surface area contributed by atoms with Crippen molar-refractivity contribution in [3.63, 3.8) is 0 Å². The highest BCUT2D eigenvalue weighted by Gasteiger charge is 2.17. The summed E-state index contributed by atoms with van der Waals surface area (Å²) in [7, 11) is 15.4. The minimum absolute atomic E-state index is 0.0229. The average molecular weight is 299 g/mol. The molecule has 1 aromatic carbocycles. The molecule has 0 radical (unpaired) electrons. The summed E-state index contributed by atoms with van der Waals surface area (Å²) in [6, 6.07) is 3.74. The number of rotatable bonds is 5. The topological polar surface area (TPSA) is 29.5 Å². The normalized spacial score (nSPS) is 12.6. The lowest BCUT2D eigenvalue weighted by atomic mass is 10.0. The average Bonchev–Trinajstić information content (AvgIpc) is 2.35. The minimum atomic E-state index is 0.0229. The van der Waals surface area contributed by atoms with Gasteiger partial charge in [0.2, 0.25) is 0 Å². The molecule has 0 amide bonds. The fourth-order valence-corrected chi connectivity index (χ4v) is 3.79. The first kappa shape index (κ1) is 14.3. The Balaban J connectivity index is 3.31. The maximum Gasteiger partial charge on any atom is 0.134 e. The summed E-state index contributed by atoms with van der Waals surface area (Å²) in [5.41, 5.74) is 0.978. The zero-order valence-electron chi connectivity index (χ0n) is 8.87. The molecule has 0 heterocycles. The summed E-state index contributed by atoms with van der Waals surface area (Å²) in [4.78, 5) is 1.64. The van der Waals surface area contributed by atoms with Crippen LogP contribution in [-0.4, -0.2) is 18.8 Å². The first-order valence-electron chi connectivity index (χ1n) is 4.58. The third-order valence-corrected chi connectivity index (χ3v) is 4.49. The van der Waals surface area contributed by atoms with Gasteiger partial charge in [-0.2, -0.15) is 0 Å². The van der Waals surface area contributed by atoms with E-state index in [4.69, 9.17) is 26.1 Å². The number of halogens is 2. The highest BCUT2D eigenvalue weighted by atomic mass is 35.7. The lowest BCUT2D eigenvalue weighted by Gasteiger charge is -2.16. The minimum Gasteiger partial charge on any atom is -0.495 e. The van der Waals surface area contributed by atoms with Gasteiger partial charge in [-0.1, -0.05) is 13.0 Å². The van der Waals surface area contributed by atoms with Gasteiger partial charge in [0.1, 0.15) is 5.75 Å². The molecule has 0 aliphatic carbocycles. The first-order chi connectivity index (χ1) is 7.69. The van der Waals surface area contributed by atoms with Crippen LogP contribution in [0.15, 0.2) is 21.9 Å². The second-order valence-corrected chi connectivity index (χ2v) is 5.30. The molecular weight excluding hydrogens is 287 g/mol. The van der Waals surface area contributed by atoms with E-state index in [1.165, 1.54) is 0 Å². The molecule has 1 N–H and O–H groups in total. The highest BCUT2D eigenvalue weighted by molar-refractivity contribution is 8.23. The predicted molar refractivity (Wildman–Crippen MR) is 71.9 cm³/mol. The van der Waals surface area contributed by atoms with E-state index in [1.54, 1.807) is 7.11 Å². The van der Waals surface area contributed by atoms with Crippen molar-refractivity contribution in [3.05, 3.63) is 17.7 Å². The number of aliphatic hydroxyl groups is 1. The van der Waals surface area contributed by atoms with Gasteiger partial charge in [-0.3, -0.25) is 0 Å². The summed E-state index contributed by atoms with van der Waals surface area (Å²) in [5, 5.41) is 9.17. The fraction of sp³-hybridized carbons (Fsp3) is 0.400. The van der Waals surface area contributed by atoms with E-state index in [-0.39, 0.29) is 12.5 Å². The van der Waals surface area contributed by atoms with Crippen LogP contribution in [0.2, 0.25) is 0 Å². The van der Waals surface area contributed by atoms with E-state index in [9.17, 15) is 5.11 Å². The van der Waals surface area contributed by atoms with Gasteiger partial charge in [-0.05, 0) is 54.9 Å². The lowest BCUT2D eigenvalue weighted by molar-refractivity contribution is 0.271. The Kier molecular flexibility index (Phi) is 6.15. The fourth-order valence-electron chi connectivity index (χ4n) is 1.36. The molecule has 0 saturated heterocycles. The molecule has 1 aromatic rings. The summed E-state index contributed by atoms with van der Waals surface area (Å²) >= 11 is 0. The van der Waals surface area contributed by atoms with Crippen molar-refractivity contribution < 1.29 is 9.84 Å². The Hall–Kier alpha value is 0.260. The van der Waals surface area contributed by atoms with Gasteiger partial charge < -0.3 is 9.84 Å². The van der Waals surface area contributed by atoms with Gasteiger partial charge >= 0.3 is 0 Å². The maximum atomic E-state index is 9.17. The standard InChI is InChI=1S/C10H12Cl2O2S2/c1-6(5-13)7-3-4-8(14-2)10(16-12)9(7)15-11/h3-4,6,13H,5H2,1-2H3. The second-order valence-electron chi connectivity index (χ2n) is 3.25. The van der Waals surface area contributed by atoms with E-state index in [0.717, 1.165) is 37.3 Å². The Bertz CT molecular complexity index is 361. The number of aliphatic hydroxyl groups excluding tert-OH is 1. The van der Waals surface area contributed by atoms with Crippen LogP contribution in [-0.2, 0) is 0 Å². The molecule has 0 aliphatic heterocycles. The van der Waals surface area contributed by atoms with E-state index >= 15 is 0 Å². The van der Waals surface area contributed by atoms with Crippen molar-refractivity contribution in [2.75, 3.05) is 13.7 Å². The van der Waals surface area contributed by atoms with E-state index in [2.05, 4.69) is 0 Å². The molecular formula is C10H12Cl2O2S2. The maximum absolute atomic E-state index is 9.17. The smallest absolute Gasteiger partial charge is 0.134 e. The number of benzene rings is 1. The Morgan fingerprint density at radius 2 is 1.94 bits per heavy atom. The van der Waals surface area contributed by atoms with Gasteiger partial charge in [-0.25, -0.2) is 0 Å². The van der Waals surface area contributed by atoms with Crippen LogP contribution in [0.3, 0.4) is 0 Å². The molecule has 0 fully saturated rings. The molecule has 0 spiro atoms. The van der Waals surface area contributed by atoms with Crippen molar-refractivity contribution in [1.82, 2.24) is 0 Å². The zero-order chi connectivity index (χ0) is 12.1. The van der Waals surface area contributed by atoms with Gasteiger partial charge in [-0.15, -0.1) is 0 Å². The van der Waals surface area contributed by atoms with Gasteiger partial charge in [0.15, 0.2) is 0 Å². The third-order valence-electron chi connectivity index (χ3n) is 2.29. The number of hydrogen-bond donors (Lipinski definition) is 1. The SMILES string of the molecule is COc1ccc(C(C)CO)c(SCl)c1SCl. The van der Waals surface area contributed by atoms with E-state index in [0.29, 0.717) is 5.75 Å². The first-order valence-corrected chi connectivity index (χ1v) is 7.87. The van der Waals surface area contributed by atoms with Crippen molar-refractivity contribution in [3.8, 4) is 5.75 Å². The van der Waals surface area contributed by atoms with Gasteiger partial charge in [0.25, 0.3) is 0 Å². The van der Waals surface area contributed by atoms with Crippen molar-refractivity contribution in [1.29, 1.82) is 0 Å². The Labute approximate surface area is 113 Å². The molecule has 2 nitrogen and oxygen atoms in total. The van der Waals surface area contributed by atoms with Gasteiger partial charge in [0.05, 0.1) is 12.0 Å². The summed E-state index contributed by atoms with van der Waals surface area (Å²) < 4.78 is 5.21. The van der Waals surface area contributed by atoms with E-state index in [1.807, 2.05) is 19.1 Å². The van der Waals surface area contributed by atoms with E-state index < -0.39 is 0 Å². The van der Waals surface area contributed by atoms with Crippen LogP contribution < -0.4 is 4.74 Å². The highest BCUT2D eigenvalue weighted by Crippen LogP contribution is 2.45. The second kappa shape index (κ2) is 6.87. The van der Waals surface area contributed by atoms with Crippen LogP contribution in [0.25, 0.3) is 0 Å². The monoisotopic (exact) mass is 298 g/mol. The van der Waals surface area contributed by atoms with Gasteiger partial charge in [0, 0.05) is 17.4 Å². The summed E-state index contributed by atoms with van der Waals surface area (Å²) in [6.07, 6.45) is 0. The molecule has 1 atom stereocenters. The van der Waals surface area contributed by atoms with Crippen LogP contribution in [0.4, 0.5) is 0 Å². The molecule has 0 aromatic heterocycles. The summed E-state index contributed by atoms with van der Waals surface area (Å²) in [6.45, 7) is 2.00. The molecule has 1 rings (SSSR count). The van der Waals surface area contributed by atoms with Crippen LogP contribution in [0, 0.1) is 0 Å². The zero-order valence-corrected chi connectivity index (χ0v) is 12.0. The molecule has 0 aliphatic rings. The van der Waals surface area contributed by atoms with Crippen LogP contribution >= 0.6 is 43.3 Å². The van der Waals surface area contributed by atoms with Crippen LogP contribution in [0.1, 0.15) is 18.4 Å². The Morgan fingerprint density at radius 3 is 2.38 bits per heavy atom. The van der Waals surface area contributed by atoms with Crippen LogP contribution in [0.5, 0.6) is 5.75 Å². The number of hydrogen-bond acceptors (Lipinski definition) is 4. The number of ether oxygens (including phenoxy) is 1. The molecule has 1 unspecified atom stereocenters. The lowest BCUT2D eigenvalue weighted by Crippen LogP contribution is -2.02. The summed E-state index contributed by atoms with van der Waals surface area (Å²) in [5.74, 6) is 0.715. The largest absolute Gasteiger partial charge is 0.495 e. The quantitative estimate of drug-likeness (QED) is 0.878. The molecule has 0 bridgehead atoms. The number of methoxy groups -OCH3 is 1. The van der Waals surface area contributed by atoms with Crippen molar-refractivity contribution in [2.24, 2.45) is 0 Å². The predicted octanol–water partition coefficient (Wildman–Crippen LogP) is 4.28. The molecule has 16 heavy (non-hydrogen) atoms. The Morgan fingerprint density at radius 1 is 1.31 bits per heavy atom. The van der Waals surface area contributed by atoms with Crippen molar-refractivity contribution in [2.45, 2.75) is 22.6 Å². The molecule has 90 valence electrons. The third kappa shape index (κ3) is 2.93. The molecule has 6 heteroatoms. The molecule has 0 saturated carbocycles. The van der Waals surface area contributed by atoms with Crippen molar-refractivity contribution >= 4 is 43.3 Å².